The van der Waals surface area contributed by atoms with Gasteiger partial charge in [-0.3, -0.25) is 0 Å². The largest absolute Gasteiger partial charge is 0.465 e. The maximum absolute atomic E-state index is 10.9. The summed E-state index contributed by atoms with van der Waals surface area (Å²) < 4.78 is 0. The van der Waals surface area contributed by atoms with Gasteiger partial charge < -0.3 is 21.3 Å². The summed E-state index contributed by atoms with van der Waals surface area (Å²) in [4.78, 5) is 10.9. The summed E-state index contributed by atoms with van der Waals surface area (Å²) in [5, 5.41) is 21.5. The quantitative estimate of drug-likeness (QED) is 0.574. The lowest BCUT2D eigenvalue weighted by molar-refractivity contribution is 0.0502. The molecule has 0 aliphatic rings. The van der Waals surface area contributed by atoms with E-state index in [0.29, 0.717) is 12.3 Å². The number of carboxylic acid groups (broad SMARTS) is 1. The van der Waals surface area contributed by atoms with E-state index in [0.717, 1.165) is 12.0 Å². The van der Waals surface area contributed by atoms with Gasteiger partial charge in [0, 0.05) is 6.42 Å². The number of aliphatic hydroxyl groups is 1. The first kappa shape index (κ1) is 16.5. The summed E-state index contributed by atoms with van der Waals surface area (Å²) >= 11 is 0. The highest BCUT2D eigenvalue weighted by molar-refractivity contribution is 5.65. The fourth-order valence-electron chi connectivity index (χ4n) is 2.13. The van der Waals surface area contributed by atoms with Crippen LogP contribution in [0.1, 0.15) is 32.3 Å². The van der Waals surface area contributed by atoms with Crippen molar-refractivity contribution in [1.29, 1.82) is 0 Å². The van der Waals surface area contributed by atoms with E-state index in [1.54, 1.807) is 0 Å². The van der Waals surface area contributed by atoms with Gasteiger partial charge in [-0.2, -0.15) is 0 Å². The van der Waals surface area contributed by atoms with Crippen molar-refractivity contribution < 1.29 is 15.0 Å². The number of nitrogens with two attached hydrogens (primary N) is 1. The van der Waals surface area contributed by atoms with E-state index < -0.39 is 17.9 Å². The third-order valence-electron chi connectivity index (χ3n) is 3.29. The monoisotopic (exact) mass is 280 g/mol. The maximum Gasteiger partial charge on any atom is 0.406 e. The molecular weight excluding hydrogens is 256 g/mol. The van der Waals surface area contributed by atoms with Gasteiger partial charge in [-0.25, -0.2) is 4.79 Å². The minimum atomic E-state index is -1.37. The Labute approximate surface area is 119 Å². The second-order valence-electron chi connectivity index (χ2n) is 5.62. The first-order valence-electron chi connectivity index (χ1n) is 6.85. The molecule has 5 nitrogen and oxygen atoms in total. The summed E-state index contributed by atoms with van der Waals surface area (Å²) in [6.45, 7) is 4.10. The summed E-state index contributed by atoms with van der Waals surface area (Å²) in [5.41, 5.74) is 5.63. The molecule has 112 valence electrons. The Balaban J connectivity index is 2.82. The standard InChI is InChI=1S/C15H24N2O3/c1-11(2)8-9-13(18)15(16,17-14(19)20)10-12-6-4-3-5-7-12/h3-7,11,13,17-18H,8-10,16H2,1-2H3,(H,19,20). The van der Waals surface area contributed by atoms with Crippen LogP contribution in [0.5, 0.6) is 0 Å². The lowest BCUT2D eigenvalue weighted by atomic mass is 9.90. The van der Waals surface area contributed by atoms with Gasteiger partial charge in [0.25, 0.3) is 0 Å². The van der Waals surface area contributed by atoms with Crippen molar-refractivity contribution in [2.75, 3.05) is 0 Å². The maximum atomic E-state index is 10.9. The van der Waals surface area contributed by atoms with Crippen LogP contribution in [0.4, 0.5) is 4.79 Å². The molecule has 0 aromatic heterocycles. The third kappa shape index (κ3) is 5.19. The van der Waals surface area contributed by atoms with Gasteiger partial charge in [0.05, 0.1) is 6.10 Å². The molecule has 0 saturated carbocycles. The third-order valence-corrected chi connectivity index (χ3v) is 3.29. The molecule has 0 fully saturated rings. The summed E-state index contributed by atoms with van der Waals surface area (Å²) in [5.74, 6) is 0.426. The van der Waals surface area contributed by atoms with Crippen LogP contribution in [-0.4, -0.2) is 28.1 Å². The van der Waals surface area contributed by atoms with Crippen LogP contribution in [0, 0.1) is 5.92 Å². The van der Waals surface area contributed by atoms with Crippen molar-refractivity contribution in [1.82, 2.24) is 5.32 Å². The number of rotatable bonds is 7. The fourth-order valence-corrected chi connectivity index (χ4v) is 2.13. The molecule has 0 spiro atoms. The summed E-state index contributed by atoms with van der Waals surface area (Å²) in [6.07, 6.45) is -0.662. The number of hydrogen-bond donors (Lipinski definition) is 4. The molecule has 0 aliphatic heterocycles. The molecule has 0 saturated heterocycles. The number of hydrogen-bond acceptors (Lipinski definition) is 3. The molecule has 2 unspecified atom stereocenters. The lowest BCUT2D eigenvalue weighted by Gasteiger charge is -2.34. The zero-order chi connectivity index (χ0) is 15.2. The zero-order valence-electron chi connectivity index (χ0n) is 12.0. The van der Waals surface area contributed by atoms with Crippen LogP contribution >= 0.6 is 0 Å². The van der Waals surface area contributed by atoms with Crippen molar-refractivity contribution in [3.05, 3.63) is 35.9 Å². The van der Waals surface area contributed by atoms with Gasteiger partial charge in [0.15, 0.2) is 0 Å². The SMILES string of the molecule is CC(C)CCC(O)C(N)(Cc1ccccc1)NC(=O)O. The lowest BCUT2D eigenvalue weighted by Crippen LogP contribution is -2.64. The smallest absolute Gasteiger partial charge is 0.406 e. The number of benzene rings is 1. The Hall–Kier alpha value is -1.59. The molecule has 1 amide bonds. The first-order valence-corrected chi connectivity index (χ1v) is 6.85. The van der Waals surface area contributed by atoms with E-state index in [1.165, 1.54) is 0 Å². The molecule has 20 heavy (non-hydrogen) atoms. The molecule has 1 aromatic carbocycles. The molecular formula is C15H24N2O3. The van der Waals surface area contributed by atoms with Gasteiger partial charge in [0.2, 0.25) is 0 Å². The minimum Gasteiger partial charge on any atom is -0.465 e. The fraction of sp³-hybridized carbons (Fsp3) is 0.533. The second kappa shape index (κ2) is 7.26. The van der Waals surface area contributed by atoms with Gasteiger partial charge in [-0.05, 0) is 24.3 Å². The van der Waals surface area contributed by atoms with E-state index in [1.807, 2.05) is 44.2 Å². The predicted molar refractivity (Wildman–Crippen MR) is 78.3 cm³/mol. The van der Waals surface area contributed by atoms with Gasteiger partial charge in [0.1, 0.15) is 5.66 Å². The molecule has 0 radical (unpaired) electrons. The Morgan fingerprint density at radius 3 is 2.40 bits per heavy atom. The molecule has 0 bridgehead atoms. The molecule has 1 rings (SSSR count). The normalized spacial score (nSPS) is 15.7. The summed E-state index contributed by atoms with van der Waals surface area (Å²) in [7, 11) is 0. The Morgan fingerprint density at radius 1 is 1.30 bits per heavy atom. The van der Waals surface area contributed by atoms with Crippen LogP contribution in [0.3, 0.4) is 0 Å². The highest BCUT2D eigenvalue weighted by atomic mass is 16.4. The molecule has 5 N–H and O–H groups in total. The minimum absolute atomic E-state index is 0.249. The molecule has 1 aromatic rings. The van der Waals surface area contributed by atoms with Crippen LogP contribution in [-0.2, 0) is 6.42 Å². The second-order valence-corrected chi connectivity index (χ2v) is 5.62. The first-order chi connectivity index (χ1) is 9.33. The molecule has 2 atom stereocenters. The van der Waals surface area contributed by atoms with E-state index in [4.69, 9.17) is 10.8 Å². The highest BCUT2D eigenvalue weighted by Gasteiger charge is 2.35. The molecule has 5 heteroatoms. The Morgan fingerprint density at radius 2 is 1.90 bits per heavy atom. The van der Waals surface area contributed by atoms with Crippen molar-refractivity contribution in [3.8, 4) is 0 Å². The predicted octanol–water partition coefficient (Wildman–Crippen LogP) is 1.95. The van der Waals surface area contributed by atoms with E-state index >= 15 is 0 Å². The van der Waals surface area contributed by atoms with E-state index in [2.05, 4.69) is 5.32 Å². The van der Waals surface area contributed by atoms with Crippen LogP contribution in [0.2, 0.25) is 0 Å². The number of amides is 1. The molecule has 0 heterocycles. The van der Waals surface area contributed by atoms with Gasteiger partial charge >= 0.3 is 6.09 Å². The average molecular weight is 280 g/mol. The van der Waals surface area contributed by atoms with Crippen LogP contribution in [0.25, 0.3) is 0 Å². The molecule has 0 aliphatic carbocycles. The van der Waals surface area contributed by atoms with Crippen molar-refractivity contribution in [2.45, 2.75) is 44.9 Å². The average Bonchev–Trinajstić information content (AvgIpc) is 2.35. The van der Waals surface area contributed by atoms with Crippen molar-refractivity contribution >= 4 is 6.09 Å². The van der Waals surface area contributed by atoms with E-state index in [-0.39, 0.29) is 6.42 Å². The van der Waals surface area contributed by atoms with Crippen LogP contribution in [0.15, 0.2) is 30.3 Å². The topological polar surface area (TPSA) is 95.6 Å². The van der Waals surface area contributed by atoms with E-state index in [9.17, 15) is 9.90 Å². The highest BCUT2D eigenvalue weighted by Crippen LogP contribution is 2.18. The van der Waals surface area contributed by atoms with Crippen LogP contribution < -0.4 is 11.1 Å². The zero-order valence-corrected chi connectivity index (χ0v) is 12.0. The Kier molecular flexibility index (Phi) is 5.98. The number of nitrogens with one attached hydrogen (secondary N) is 1. The number of carbonyl (C=O) groups is 1. The van der Waals surface area contributed by atoms with Crippen molar-refractivity contribution in [3.63, 3.8) is 0 Å². The van der Waals surface area contributed by atoms with Gasteiger partial charge in [-0.1, -0.05) is 44.2 Å². The Bertz CT molecular complexity index is 422. The van der Waals surface area contributed by atoms with Gasteiger partial charge in [-0.15, -0.1) is 0 Å². The number of aliphatic hydroxyl groups excluding tert-OH is 1. The summed E-state index contributed by atoms with van der Waals surface area (Å²) in [6, 6.07) is 9.32. The van der Waals surface area contributed by atoms with Crippen molar-refractivity contribution in [2.24, 2.45) is 11.7 Å².